The SMILES string of the molecule is C=CCNC(=O)C(=O)C(CCC)NC(=O)[C@@H]1C[C@@H](C(C)C)CN1C(=O)[C@@H](NC(=O)N[C@H](C(=O)N(C)CC1CC1)C(C)(C)C)C(C)(C)C. The standard InChI is InChI=1S/C35H60N6O6/c1-12-14-24(26(42)30(44)36-17-13-2)37-29(43)25-18-23(21(3)4)20-41(25)32(46)28(35(8,9)10)39-33(47)38-27(34(5,6)7)31(45)40(11)19-22-15-16-22/h13,21-25,27-28H,2,12,14-20H2,1,3-11H3,(H,36,44)(H,37,43)(H2,38,39,47)/t23-,24?,25+,27-,28-/m1/s1. The summed E-state index contributed by atoms with van der Waals surface area (Å²) in [5.41, 5.74) is -1.34. The summed E-state index contributed by atoms with van der Waals surface area (Å²) in [6, 6.07) is -4.44. The van der Waals surface area contributed by atoms with E-state index in [1.54, 1.807) is 11.9 Å². The van der Waals surface area contributed by atoms with Crippen LogP contribution in [0.5, 0.6) is 0 Å². The topological polar surface area (TPSA) is 157 Å². The van der Waals surface area contributed by atoms with Gasteiger partial charge in [0.15, 0.2) is 0 Å². The number of nitrogens with zero attached hydrogens (tertiary/aromatic N) is 2. The Morgan fingerprint density at radius 2 is 1.51 bits per heavy atom. The Kier molecular flexibility index (Phi) is 14.0. The number of carbonyl (C=O) groups is 6. The fourth-order valence-corrected chi connectivity index (χ4v) is 5.84. The van der Waals surface area contributed by atoms with Gasteiger partial charge in [0.2, 0.25) is 23.5 Å². The number of nitrogens with one attached hydrogen (secondary N) is 4. The molecular formula is C35H60N6O6. The van der Waals surface area contributed by atoms with E-state index in [-0.39, 0.29) is 30.7 Å². The minimum absolute atomic E-state index is 0.00487. The normalized spacial score (nSPS) is 20.1. The van der Waals surface area contributed by atoms with E-state index in [2.05, 4.69) is 27.8 Å². The molecule has 1 unspecified atom stereocenters. The molecule has 47 heavy (non-hydrogen) atoms. The minimum Gasteiger partial charge on any atom is -0.346 e. The highest BCUT2D eigenvalue weighted by atomic mass is 16.2. The summed E-state index contributed by atoms with van der Waals surface area (Å²) in [6.07, 6.45) is 4.83. The van der Waals surface area contributed by atoms with Gasteiger partial charge in [0.25, 0.3) is 5.91 Å². The molecule has 0 radical (unpaired) electrons. The summed E-state index contributed by atoms with van der Waals surface area (Å²) >= 11 is 0. The summed E-state index contributed by atoms with van der Waals surface area (Å²) in [6.45, 7) is 21.6. The van der Waals surface area contributed by atoms with Gasteiger partial charge in [-0.25, -0.2) is 4.79 Å². The molecule has 2 fully saturated rings. The van der Waals surface area contributed by atoms with E-state index in [1.165, 1.54) is 11.0 Å². The Bertz CT molecular complexity index is 1170. The van der Waals surface area contributed by atoms with Gasteiger partial charge in [0.05, 0.1) is 6.04 Å². The molecule has 4 N–H and O–H groups in total. The van der Waals surface area contributed by atoms with Crippen molar-refractivity contribution in [3.05, 3.63) is 12.7 Å². The number of rotatable bonds is 15. The molecule has 1 saturated heterocycles. The van der Waals surface area contributed by atoms with Gasteiger partial charge >= 0.3 is 6.03 Å². The van der Waals surface area contributed by atoms with Crippen LogP contribution in [0.3, 0.4) is 0 Å². The number of amides is 6. The smallest absolute Gasteiger partial charge is 0.316 e. The maximum Gasteiger partial charge on any atom is 0.316 e. The predicted octanol–water partition coefficient (Wildman–Crippen LogP) is 3.01. The van der Waals surface area contributed by atoms with Crippen LogP contribution in [-0.4, -0.2) is 96.1 Å². The van der Waals surface area contributed by atoms with E-state index >= 15 is 0 Å². The number of likely N-dealkylation sites (N-methyl/N-ethyl adjacent to an activating group) is 1. The molecule has 0 aromatic heterocycles. The largest absolute Gasteiger partial charge is 0.346 e. The van der Waals surface area contributed by atoms with Crippen LogP contribution in [0.15, 0.2) is 12.7 Å². The number of carbonyl (C=O) groups excluding carboxylic acids is 6. The fourth-order valence-electron chi connectivity index (χ4n) is 5.84. The highest BCUT2D eigenvalue weighted by molar-refractivity contribution is 6.38. The zero-order valence-corrected chi connectivity index (χ0v) is 30.3. The van der Waals surface area contributed by atoms with Crippen LogP contribution in [0.2, 0.25) is 0 Å². The van der Waals surface area contributed by atoms with Crippen molar-refractivity contribution in [2.24, 2.45) is 28.6 Å². The number of Topliss-reactive ketones (excluding diaryl/α,β-unsaturated/α-hetero) is 1. The van der Waals surface area contributed by atoms with Crippen molar-refractivity contribution in [2.75, 3.05) is 26.7 Å². The third-order valence-corrected chi connectivity index (χ3v) is 9.09. The molecule has 12 heteroatoms. The van der Waals surface area contributed by atoms with Crippen molar-refractivity contribution < 1.29 is 28.8 Å². The molecule has 266 valence electrons. The minimum atomic E-state index is -1.04. The average Bonchev–Trinajstić information content (AvgIpc) is 3.67. The van der Waals surface area contributed by atoms with Crippen molar-refractivity contribution >= 4 is 35.4 Å². The lowest BCUT2D eigenvalue weighted by Gasteiger charge is -2.37. The Morgan fingerprint density at radius 1 is 0.936 bits per heavy atom. The number of hydrogen-bond donors (Lipinski definition) is 4. The van der Waals surface area contributed by atoms with Crippen molar-refractivity contribution in [3.63, 3.8) is 0 Å². The molecule has 12 nitrogen and oxygen atoms in total. The van der Waals surface area contributed by atoms with Crippen molar-refractivity contribution in [1.29, 1.82) is 0 Å². The lowest BCUT2D eigenvalue weighted by Crippen LogP contribution is -2.62. The molecule has 1 aliphatic heterocycles. The Hall–Kier alpha value is -3.44. The summed E-state index contributed by atoms with van der Waals surface area (Å²) in [7, 11) is 1.75. The first-order valence-electron chi connectivity index (χ1n) is 17.1. The predicted molar refractivity (Wildman–Crippen MR) is 182 cm³/mol. The molecule has 0 aromatic carbocycles. The van der Waals surface area contributed by atoms with Crippen LogP contribution in [0.4, 0.5) is 4.79 Å². The second kappa shape index (κ2) is 16.6. The molecule has 2 rings (SSSR count). The van der Waals surface area contributed by atoms with Gasteiger partial charge in [-0.1, -0.05) is 74.8 Å². The molecule has 0 aromatic rings. The molecule has 6 amide bonds. The van der Waals surface area contributed by atoms with E-state index in [1.807, 2.05) is 62.3 Å². The van der Waals surface area contributed by atoms with Gasteiger partial charge < -0.3 is 31.1 Å². The molecule has 0 bridgehead atoms. The fraction of sp³-hybridized carbons (Fsp3) is 0.771. The first-order chi connectivity index (χ1) is 21.7. The quantitative estimate of drug-likeness (QED) is 0.156. The van der Waals surface area contributed by atoms with Gasteiger partial charge in [-0.2, -0.15) is 0 Å². The molecule has 1 aliphatic carbocycles. The zero-order chi connectivity index (χ0) is 35.9. The summed E-state index contributed by atoms with van der Waals surface area (Å²) in [4.78, 5) is 83.5. The molecule has 1 heterocycles. The monoisotopic (exact) mass is 660 g/mol. The lowest BCUT2D eigenvalue weighted by molar-refractivity contribution is -0.143. The van der Waals surface area contributed by atoms with Crippen LogP contribution in [0.1, 0.15) is 94.4 Å². The van der Waals surface area contributed by atoms with Gasteiger partial charge in [-0.05, 0) is 54.3 Å². The first-order valence-corrected chi connectivity index (χ1v) is 17.1. The molecule has 1 saturated carbocycles. The van der Waals surface area contributed by atoms with Crippen LogP contribution < -0.4 is 21.3 Å². The summed E-state index contributed by atoms with van der Waals surface area (Å²) < 4.78 is 0. The summed E-state index contributed by atoms with van der Waals surface area (Å²) in [5.74, 6) is -2.04. The molecule has 0 spiro atoms. The van der Waals surface area contributed by atoms with Crippen LogP contribution in [-0.2, 0) is 24.0 Å². The third-order valence-electron chi connectivity index (χ3n) is 9.09. The van der Waals surface area contributed by atoms with Gasteiger partial charge in [0.1, 0.15) is 18.1 Å². The number of ketones is 1. The van der Waals surface area contributed by atoms with Crippen molar-refractivity contribution in [3.8, 4) is 0 Å². The van der Waals surface area contributed by atoms with Crippen LogP contribution in [0, 0.1) is 28.6 Å². The van der Waals surface area contributed by atoms with E-state index in [9.17, 15) is 28.8 Å². The Labute approximate surface area is 281 Å². The van der Waals surface area contributed by atoms with E-state index in [0.717, 1.165) is 12.8 Å². The average molecular weight is 661 g/mol. The van der Waals surface area contributed by atoms with Crippen LogP contribution in [0.25, 0.3) is 0 Å². The second-order valence-corrected chi connectivity index (χ2v) is 15.8. The van der Waals surface area contributed by atoms with Crippen LogP contribution >= 0.6 is 0 Å². The zero-order valence-electron chi connectivity index (χ0n) is 30.3. The molecule has 5 atom stereocenters. The molecule has 2 aliphatic rings. The number of urea groups is 1. The van der Waals surface area contributed by atoms with Gasteiger partial charge in [-0.3, -0.25) is 24.0 Å². The number of likely N-dealkylation sites (tertiary alicyclic amines) is 1. The molecular weight excluding hydrogens is 600 g/mol. The maximum absolute atomic E-state index is 14.3. The van der Waals surface area contributed by atoms with Gasteiger partial charge in [-0.15, -0.1) is 6.58 Å². The van der Waals surface area contributed by atoms with E-state index < -0.39 is 64.5 Å². The lowest BCUT2D eigenvalue weighted by atomic mass is 9.85. The first kappa shape index (κ1) is 39.7. The highest BCUT2D eigenvalue weighted by Crippen LogP contribution is 2.33. The second-order valence-electron chi connectivity index (χ2n) is 15.8. The van der Waals surface area contributed by atoms with Crippen molar-refractivity contribution in [2.45, 2.75) is 119 Å². The Balaban J connectivity index is 2.30. The Morgan fingerprint density at radius 3 is 2.00 bits per heavy atom. The van der Waals surface area contributed by atoms with Gasteiger partial charge in [0, 0.05) is 26.7 Å². The van der Waals surface area contributed by atoms with E-state index in [4.69, 9.17) is 0 Å². The highest BCUT2D eigenvalue weighted by Gasteiger charge is 2.46. The maximum atomic E-state index is 14.3. The van der Waals surface area contributed by atoms with Crippen molar-refractivity contribution in [1.82, 2.24) is 31.1 Å². The summed E-state index contributed by atoms with van der Waals surface area (Å²) in [5, 5.41) is 10.9. The number of hydrogen-bond acceptors (Lipinski definition) is 6. The van der Waals surface area contributed by atoms with E-state index in [0.29, 0.717) is 31.8 Å². The third kappa shape index (κ3) is 11.3.